The molecule has 5 aliphatic rings. The molecule has 0 aromatic heterocycles. The largest absolute Gasteiger partial charge is 0.325 e. The topological polar surface area (TPSA) is 58.4 Å². The molecule has 112 valence electrons. The predicted molar refractivity (Wildman–Crippen MR) is 81.4 cm³/mol. The van der Waals surface area contributed by atoms with Gasteiger partial charge >= 0.3 is 0 Å². The molecule has 5 rings (SSSR count). The Balaban J connectivity index is 1.53. The van der Waals surface area contributed by atoms with Gasteiger partial charge in [0.2, 0.25) is 0 Å². The second-order valence-electron chi connectivity index (χ2n) is 7.68. The van der Waals surface area contributed by atoms with Crippen LogP contribution in [0.25, 0.3) is 0 Å². The summed E-state index contributed by atoms with van der Waals surface area (Å²) in [5.74, 6) is 3.70. The highest BCUT2D eigenvalue weighted by molar-refractivity contribution is 7.99. The molecule has 1 aliphatic heterocycles. The highest BCUT2D eigenvalue weighted by Crippen LogP contribution is 2.56. The minimum absolute atomic E-state index is 0.0459. The molecule has 1 saturated heterocycles. The number of carbonyl (C=O) groups is 1. The van der Waals surface area contributed by atoms with Gasteiger partial charge in [0.1, 0.15) is 6.17 Å². The van der Waals surface area contributed by atoms with Crippen molar-refractivity contribution in [3.63, 3.8) is 0 Å². The Bertz CT molecular complexity index is 396. The number of carbonyl (C=O) groups excluding carboxylic acids is 1. The summed E-state index contributed by atoms with van der Waals surface area (Å²) >= 11 is 1.92. The summed E-state index contributed by atoms with van der Waals surface area (Å²) in [7, 11) is 0. The molecule has 0 amide bonds. The average molecular weight is 295 g/mol. The molecule has 3 atom stereocenters. The second-order valence-corrected chi connectivity index (χ2v) is 8.75. The highest BCUT2D eigenvalue weighted by atomic mass is 32.2. The number of hydrogen-bond donors (Lipinski definition) is 2. The Labute approximate surface area is 125 Å². The number of nitrogens with two attached hydrogens (primary N) is 1. The van der Waals surface area contributed by atoms with Gasteiger partial charge in [-0.2, -0.15) is 0 Å². The summed E-state index contributed by atoms with van der Waals surface area (Å²) < 4.78 is 0. The van der Waals surface area contributed by atoms with Gasteiger partial charge in [-0.25, -0.2) is 0 Å². The Morgan fingerprint density at radius 1 is 1.30 bits per heavy atom. The number of hydrogen-bond acceptors (Lipinski definition) is 5. The molecule has 0 aromatic rings. The molecule has 4 saturated carbocycles. The van der Waals surface area contributed by atoms with Crippen LogP contribution in [0.15, 0.2) is 0 Å². The van der Waals surface area contributed by atoms with Crippen molar-refractivity contribution in [3.8, 4) is 0 Å². The molecular weight excluding hydrogens is 270 g/mol. The molecule has 0 radical (unpaired) electrons. The van der Waals surface area contributed by atoms with E-state index in [1.54, 1.807) is 0 Å². The molecule has 0 spiro atoms. The first kappa shape index (κ1) is 13.6. The maximum absolute atomic E-state index is 11.6. The van der Waals surface area contributed by atoms with E-state index < -0.39 is 0 Å². The quantitative estimate of drug-likeness (QED) is 0.762. The molecule has 4 bridgehead atoms. The fourth-order valence-electron chi connectivity index (χ4n) is 5.67. The molecule has 5 heteroatoms. The first-order valence-electron chi connectivity index (χ1n) is 7.94. The lowest BCUT2D eigenvalue weighted by molar-refractivity contribution is -0.116. The van der Waals surface area contributed by atoms with Crippen LogP contribution in [0.1, 0.15) is 38.5 Å². The number of rotatable bonds is 4. The summed E-state index contributed by atoms with van der Waals surface area (Å²) in [4.78, 5) is 13.8. The third-order valence-electron chi connectivity index (χ3n) is 5.86. The molecule has 3 N–H and O–H groups in total. The monoisotopic (exact) mass is 295 g/mol. The van der Waals surface area contributed by atoms with Crippen LogP contribution in [-0.2, 0) is 4.79 Å². The van der Waals surface area contributed by atoms with Gasteiger partial charge in [-0.3, -0.25) is 10.2 Å². The van der Waals surface area contributed by atoms with Gasteiger partial charge in [0.25, 0.3) is 0 Å². The van der Waals surface area contributed by atoms with Gasteiger partial charge in [0.15, 0.2) is 6.29 Å². The van der Waals surface area contributed by atoms with Gasteiger partial charge in [-0.1, -0.05) is 0 Å². The summed E-state index contributed by atoms with van der Waals surface area (Å²) in [5.41, 5.74) is 6.81. The zero-order valence-corrected chi connectivity index (χ0v) is 12.8. The Morgan fingerprint density at radius 2 is 2.05 bits per heavy atom. The molecular formula is C15H25N3OS. The maximum atomic E-state index is 11.6. The summed E-state index contributed by atoms with van der Waals surface area (Å²) in [5, 5.41) is 3.74. The minimum Gasteiger partial charge on any atom is -0.325 e. The molecule has 4 nitrogen and oxygen atoms in total. The van der Waals surface area contributed by atoms with Crippen LogP contribution in [0.2, 0.25) is 0 Å². The van der Waals surface area contributed by atoms with Crippen molar-refractivity contribution in [2.45, 2.75) is 55.8 Å². The van der Waals surface area contributed by atoms with E-state index in [-0.39, 0.29) is 17.2 Å². The SMILES string of the molecule is NC12CC3CC(C1)CC(NC(C=O)N1CCSC1)(C3)C2. The van der Waals surface area contributed by atoms with E-state index in [1.165, 1.54) is 32.1 Å². The van der Waals surface area contributed by atoms with Gasteiger partial charge in [0, 0.05) is 29.3 Å². The van der Waals surface area contributed by atoms with Crippen molar-refractivity contribution in [2.75, 3.05) is 18.2 Å². The first-order valence-corrected chi connectivity index (χ1v) is 9.09. The van der Waals surface area contributed by atoms with E-state index in [4.69, 9.17) is 5.73 Å². The lowest BCUT2D eigenvalue weighted by Crippen LogP contribution is -2.70. The van der Waals surface area contributed by atoms with Crippen molar-refractivity contribution in [3.05, 3.63) is 0 Å². The fraction of sp³-hybridized carbons (Fsp3) is 0.933. The lowest BCUT2D eigenvalue weighted by atomic mass is 9.50. The maximum Gasteiger partial charge on any atom is 0.151 e. The average Bonchev–Trinajstić information content (AvgIpc) is 2.86. The van der Waals surface area contributed by atoms with Crippen molar-refractivity contribution >= 4 is 18.0 Å². The van der Waals surface area contributed by atoms with Crippen LogP contribution in [0.3, 0.4) is 0 Å². The second kappa shape index (κ2) is 4.70. The van der Waals surface area contributed by atoms with E-state index >= 15 is 0 Å². The fourth-order valence-corrected chi connectivity index (χ4v) is 6.69. The van der Waals surface area contributed by atoms with Crippen LogP contribution in [0, 0.1) is 11.8 Å². The minimum atomic E-state index is -0.107. The Morgan fingerprint density at radius 3 is 2.60 bits per heavy atom. The standard InChI is InChI=1S/C15H25N3OS/c16-14-4-11-3-12(5-14)7-15(6-11,9-14)17-13(8-19)18-1-2-20-10-18/h8,11-13,17H,1-7,9-10,16H2. The molecule has 5 fully saturated rings. The van der Waals surface area contributed by atoms with Gasteiger partial charge in [-0.05, 0) is 50.4 Å². The van der Waals surface area contributed by atoms with Gasteiger partial charge < -0.3 is 10.5 Å². The van der Waals surface area contributed by atoms with Crippen molar-refractivity contribution < 1.29 is 4.79 Å². The molecule has 20 heavy (non-hydrogen) atoms. The summed E-state index contributed by atoms with van der Waals surface area (Å²) in [6.45, 7) is 1.03. The highest BCUT2D eigenvalue weighted by Gasteiger charge is 2.56. The van der Waals surface area contributed by atoms with Crippen molar-refractivity contribution in [1.29, 1.82) is 0 Å². The van der Waals surface area contributed by atoms with Crippen LogP contribution >= 0.6 is 11.8 Å². The lowest BCUT2D eigenvalue weighted by Gasteiger charge is -2.61. The van der Waals surface area contributed by atoms with Crippen LogP contribution < -0.4 is 11.1 Å². The van der Waals surface area contributed by atoms with E-state index in [0.29, 0.717) is 0 Å². The summed E-state index contributed by atoms with van der Waals surface area (Å²) in [6, 6.07) is 0. The normalized spacial score (nSPS) is 48.6. The van der Waals surface area contributed by atoms with E-state index in [9.17, 15) is 4.79 Å². The van der Waals surface area contributed by atoms with E-state index in [1.807, 2.05) is 11.8 Å². The van der Waals surface area contributed by atoms with Gasteiger partial charge in [0.05, 0.1) is 0 Å². The van der Waals surface area contributed by atoms with E-state index in [0.717, 1.165) is 42.7 Å². The van der Waals surface area contributed by atoms with Crippen LogP contribution in [-0.4, -0.2) is 46.6 Å². The Hall–Kier alpha value is -0.100. The number of nitrogens with zero attached hydrogens (tertiary/aromatic N) is 1. The summed E-state index contributed by atoms with van der Waals surface area (Å²) in [6.07, 6.45) is 8.31. The molecule has 1 heterocycles. The third-order valence-corrected chi connectivity index (χ3v) is 6.85. The number of aldehydes is 1. The first-order chi connectivity index (χ1) is 9.60. The van der Waals surface area contributed by atoms with E-state index in [2.05, 4.69) is 10.2 Å². The predicted octanol–water partition coefficient (Wildman–Crippen LogP) is 1.16. The van der Waals surface area contributed by atoms with Crippen LogP contribution in [0.4, 0.5) is 0 Å². The van der Waals surface area contributed by atoms with Crippen LogP contribution in [0.5, 0.6) is 0 Å². The molecule has 0 aromatic carbocycles. The van der Waals surface area contributed by atoms with Crippen molar-refractivity contribution in [2.24, 2.45) is 17.6 Å². The zero-order valence-electron chi connectivity index (χ0n) is 12.0. The molecule has 3 unspecified atom stereocenters. The molecule has 4 aliphatic carbocycles. The number of nitrogens with one attached hydrogen (secondary N) is 1. The van der Waals surface area contributed by atoms with Crippen molar-refractivity contribution in [1.82, 2.24) is 10.2 Å². The smallest absolute Gasteiger partial charge is 0.151 e. The number of thioether (sulfide) groups is 1. The zero-order chi connectivity index (χ0) is 13.8. The Kier molecular flexibility index (Phi) is 3.18. The third kappa shape index (κ3) is 2.23. The van der Waals surface area contributed by atoms with Gasteiger partial charge in [-0.15, -0.1) is 11.8 Å².